The lowest BCUT2D eigenvalue weighted by atomic mass is 9.82. The van der Waals surface area contributed by atoms with Crippen LogP contribution in [0.4, 0.5) is 21.2 Å². The van der Waals surface area contributed by atoms with Crippen molar-refractivity contribution in [3.05, 3.63) is 90.3 Å². The second kappa shape index (κ2) is 10.7. The molecule has 0 radical (unpaired) electrons. The van der Waals surface area contributed by atoms with Gasteiger partial charge in [0.2, 0.25) is 8.41 Å². The summed E-state index contributed by atoms with van der Waals surface area (Å²) in [4.78, 5) is 31.7. The molecular weight excluding hydrogens is 589 g/mol. The van der Waals surface area contributed by atoms with Crippen LogP contribution in [0.2, 0.25) is 18.6 Å². The van der Waals surface area contributed by atoms with E-state index in [4.69, 9.17) is 4.74 Å². The molecule has 1 N–H and O–H groups in total. The Bertz CT molecular complexity index is 1850. The van der Waals surface area contributed by atoms with Gasteiger partial charge in [0, 0.05) is 60.4 Å². The van der Waals surface area contributed by atoms with Crippen molar-refractivity contribution >= 4 is 48.1 Å². The minimum Gasteiger partial charge on any atom is -0.396 e. The van der Waals surface area contributed by atoms with Crippen LogP contribution in [0.25, 0.3) is 10.8 Å². The SMILES string of the molecule is C=CCN1C(=O)[C@@]2(O[C@@H](CCn3cc(CCO)nn3)[C@H]([Si](C)(C)F)[C@H]2C)c2cc(N3C(=O)c4cccc5cccc3c45)ccc21. The molecule has 1 spiro atoms. The fourth-order valence-corrected chi connectivity index (χ4v) is 10.4. The summed E-state index contributed by atoms with van der Waals surface area (Å²) in [6.07, 6.45) is 3.74. The monoisotopic (exact) mass is 625 g/mol. The topological polar surface area (TPSA) is 101 Å². The molecule has 45 heavy (non-hydrogen) atoms. The van der Waals surface area contributed by atoms with Crippen LogP contribution in [0.5, 0.6) is 0 Å². The highest BCUT2D eigenvalue weighted by atomic mass is 28.4. The summed E-state index contributed by atoms with van der Waals surface area (Å²) in [5.74, 6) is -0.845. The number of rotatable bonds is 9. The van der Waals surface area contributed by atoms with Crippen molar-refractivity contribution < 1.29 is 23.5 Å². The molecule has 1 saturated heterocycles. The average Bonchev–Trinajstić information content (AvgIpc) is 3.72. The molecule has 11 heteroatoms. The first-order chi connectivity index (χ1) is 21.6. The number of halogens is 1. The summed E-state index contributed by atoms with van der Waals surface area (Å²) in [5, 5.41) is 19.4. The Kier molecular flexibility index (Phi) is 7.03. The summed E-state index contributed by atoms with van der Waals surface area (Å²) in [7, 11) is -3.37. The smallest absolute Gasteiger partial charge is 0.264 e. The summed E-state index contributed by atoms with van der Waals surface area (Å²) in [6.45, 7) is 9.83. The Morgan fingerprint density at radius 2 is 1.91 bits per heavy atom. The number of hydrogen-bond donors (Lipinski definition) is 1. The zero-order chi connectivity index (χ0) is 31.7. The molecule has 3 aromatic carbocycles. The van der Waals surface area contributed by atoms with E-state index in [0.717, 1.165) is 16.5 Å². The van der Waals surface area contributed by atoms with E-state index < -0.39 is 31.6 Å². The van der Waals surface area contributed by atoms with Crippen LogP contribution in [-0.2, 0) is 28.1 Å². The molecule has 0 bridgehead atoms. The van der Waals surface area contributed by atoms with Crippen molar-refractivity contribution in [2.45, 2.75) is 56.7 Å². The van der Waals surface area contributed by atoms with Crippen LogP contribution >= 0.6 is 0 Å². The lowest BCUT2D eigenvalue weighted by Crippen LogP contribution is -2.45. The third-order valence-corrected chi connectivity index (χ3v) is 12.1. The standard InChI is InChI=1S/C34H36FN5O4Si/c1-5-16-39-27-13-12-24(40-28-11-7-9-22-8-6-10-25(30(22)28)32(40)42)19-26(27)34(33(39)43)21(2)31(45(3,4)35)29(44-34)14-17-38-20-23(15-18-41)36-37-38/h5-13,19-21,29,31,41H,1,14-18H2,2-4H3/t21-,29+,31-,34+/m1/s1. The van der Waals surface area contributed by atoms with Crippen LogP contribution in [-0.4, -0.2) is 59.6 Å². The van der Waals surface area contributed by atoms with Crippen LogP contribution in [0.15, 0.2) is 73.4 Å². The lowest BCUT2D eigenvalue weighted by molar-refractivity contribution is -0.145. The van der Waals surface area contributed by atoms with Gasteiger partial charge in [0.05, 0.1) is 28.7 Å². The number of ether oxygens (including phenoxy) is 1. The minimum atomic E-state index is -3.37. The van der Waals surface area contributed by atoms with Crippen molar-refractivity contribution in [2.24, 2.45) is 5.92 Å². The quantitative estimate of drug-likeness (QED) is 0.147. The highest BCUT2D eigenvalue weighted by Crippen LogP contribution is 2.61. The predicted octanol–water partition coefficient (Wildman–Crippen LogP) is 5.66. The van der Waals surface area contributed by atoms with Gasteiger partial charge in [0.15, 0.2) is 5.60 Å². The first-order valence-corrected chi connectivity index (χ1v) is 18.4. The van der Waals surface area contributed by atoms with E-state index >= 15 is 4.11 Å². The minimum absolute atomic E-state index is 0.0246. The summed E-state index contributed by atoms with van der Waals surface area (Å²) in [6, 6.07) is 17.2. The second-order valence-corrected chi connectivity index (χ2v) is 16.5. The fraction of sp³-hybridized carbons (Fsp3) is 0.353. The van der Waals surface area contributed by atoms with Gasteiger partial charge in [-0.1, -0.05) is 42.5 Å². The molecule has 4 atom stereocenters. The van der Waals surface area contributed by atoms with Crippen LogP contribution in [0, 0.1) is 5.92 Å². The van der Waals surface area contributed by atoms with Crippen molar-refractivity contribution in [3.8, 4) is 0 Å². The molecule has 3 aliphatic rings. The normalized spacial score (nSPS) is 24.0. The van der Waals surface area contributed by atoms with E-state index in [1.165, 1.54) is 0 Å². The van der Waals surface area contributed by atoms with Gasteiger partial charge in [-0.2, -0.15) is 0 Å². The average molecular weight is 626 g/mol. The molecule has 1 fully saturated rings. The van der Waals surface area contributed by atoms with Crippen molar-refractivity contribution in [1.82, 2.24) is 15.0 Å². The first-order valence-electron chi connectivity index (χ1n) is 15.4. The van der Waals surface area contributed by atoms with Gasteiger partial charge in [-0.25, -0.2) is 0 Å². The Balaban J connectivity index is 1.31. The van der Waals surface area contributed by atoms with Crippen molar-refractivity contribution in [1.29, 1.82) is 0 Å². The largest absolute Gasteiger partial charge is 0.396 e. The predicted molar refractivity (Wildman–Crippen MR) is 173 cm³/mol. The van der Waals surface area contributed by atoms with E-state index in [0.29, 0.717) is 47.6 Å². The molecule has 4 heterocycles. The molecule has 0 unspecified atom stereocenters. The summed E-state index contributed by atoms with van der Waals surface area (Å²) < 4.78 is 24.8. The summed E-state index contributed by atoms with van der Waals surface area (Å²) >= 11 is 0. The maximum atomic E-state index is 16.3. The lowest BCUT2D eigenvalue weighted by Gasteiger charge is -2.31. The maximum Gasteiger partial charge on any atom is 0.264 e. The first kappa shape index (κ1) is 29.5. The molecule has 232 valence electrons. The number of benzene rings is 3. The van der Waals surface area contributed by atoms with Crippen molar-refractivity contribution in [2.75, 3.05) is 23.0 Å². The third kappa shape index (κ3) is 4.39. The summed E-state index contributed by atoms with van der Waals surface area (Å²) in [5.41, 5.74) is 2.15. The molecule has 2 amide bonds. The van der Waals surface area contributed by atoms with Gasteiger partial charge in [-0.15, -0.1) is 11.7 Å². The molecule has 7 rings (SSSR count). The second-order valence-electron chi connectivity index (χ2n) is 12.7. The molecule has 3 aliphatic heterocycles. The molecule has 1 aromatic heterocycles. The van der Waals surface area contributed by atoms with Gasteiger partial charge < -0.3 is 18.9 Å². The Morgan fingerprint density at radius 1 is 1.13 bits per heavy atom. The number of aromatic nitrogens is 3. The number of nitrogens with zero attached hydrogens (tertiary/aromatic N) is 5. The van der Waals surface area contributed by atoms with E-state index in [-0.39, 0.29) is 25.0 Å². The Labute approximate surface area is 262 Å². The van der Waals surface area contributed by atoms with E-state index in [2.05, 4.69) is 16.9 Å². The molecule has 0 aliphatic carbocycles. The highest BCUT2D eigenvalue weighted by molar-refractivity contribution is 6.72. The molecular formula is C34H36FN5O4Si. The van der Waals surface area contributed by atoms with Gasteiger partial charge in [-0.05, 0) is 55.2 Å². The Morgan fingerprint density at radius 3 is 2.64 bits per heavy atom. The number of anilines is 3. The van der Waals surface area contributed by atoms with E-state index in [1.54, 1.807) is 39.8 Å². The molecule has 0 saturated carbocycles. The number of carbonyl (C=O) groups is 2. The van der Waals surface area contributed by atoms with Gasteiger partial charge >= 0.3 is 0 Å². The van der Waals surface area contributed by atoms with Crippen LogP contribution in [0.3, 0.4) is 0 Å². The molecule has 9 nitrogen and oxygen atoms in total. The zero-order valence-corrected chi connectivity index (χ0v) is 26.6. The number of carbonyl (C=O) groups excluding carboxylic acids is 2. The number of aliphatic hydroxyl groups excluding tert-OH is 1. The van der Waals surface area contributed by atoms with Crippen molar-refractivity contribution in [3.63, 3.8) is 0 Å². The van der Waals surface area contributed by atoms with Crippen LogP contribution in [0.1, 0.15) is 35.0 Å². The third-order valence-electron chi connectivity index (χ3n) is 9.67. The molecule has 4 aromatic rings. The number of hydrogen-bond acceptors (Lipinski definition) is 6. The zero-order valence-electron chi connectivity index (χ0n) is 25.6. The van der Waals surface area contributed by atoms with Gasteiger partial charge in [-0.3, -0.25) is 19.2 Å². The van der Waals surface area contributed by atoms with Crippen LogP contribution < -0.4 is 9.80 Å². The number of fused-ring (bicyclic) bond motifs is 2. The van der Waals surface area contributed by atoms with Gasteiger partial charge in [0.1, 0.15) is 0 Å². The van der Waals surface area contributed by atoms with E-state index in [1.807, 2.05) is 61.5 Å². The number of amides is 2. The Hall–Kier alpha value is -4.19. The number of aliphatic hydroxyl groups is 1. The van der Waals surface area contributed by atoms with E-state index in [9.17, 15) is 14.7 Å². The van der Waals surface area contributed by atoms with Gasteiger partial charge in [0.25, 0.3) is 11.8 Å². The fourth-order valence-electron chi connectivity index (χ4n) is 7.86. The highest BCUT2D eigenvalue weighted by Gasteiger charge is 2.66. The number of aryl methyl sites for hydroxylation is 1. The maximum absolute atomic E-state index is 16.3.